The Balaban J connectivity index is 1.36. The maximum atomic E-state index is 12.9. The number of aromatic nitrogens is 1. The molecule has 0 radical (unpaired) electrons. The molecule has 0 aliphatic carbocycles. The number of piperidine rings is 1. The minimum Gasteiger partial charge on any atom is -0.493 e. The first kappa shape index (κ1) is 25.1. The molecule has 1 saturated heterocycles. The van der Waals surface area contributed by atoms with Crippen molar-refractivity contribution in [1.82, 2.24) is 19.9 Å². The van der Waals surface area contributed by atoms with Crippen molar-refractivity contribution in [2.75, 3.05) is 33.9 Å². The summed E-state index contributed by atoms with van der Waals surface area (Å²) in [6.45, 7) is 7.53. The molecule has 0 unspecified atom stereocenters. The Hall–Kier alpha value is -3.51. The number of aromatic amines is 1. The number of unbranched alkanes of at least 4 members (excludes halogenated alkanes) is 1. The van der Waals surface area contributed by atoms with Crippen LogP contribution in [-0.2, 0) is 0 Å². The molecule has 34 heavy (non-hydrogen) atoms. The fraction of sp³-hybridized carbons (Fsp3) is 0.462. The van der Waals surface area contributed by atoms with Gasteiger partial charge in [0.2, 0.25) is 0 Å². The van der Waals surface area contributed by atoms with Crippen LogP contribution in [0.1, 0.15) is 64.2 Å². The van der Waals surface area contributed by atoms with Gasteiger partial charge in [0.05, 0.1) is 19.8 Å². The summed E-state index contributed by atoms with van der Waals surface area (Å²) in [6, 6.07) is 7.08. The van der Waals surface area contributed by atoms with E-state index in [4.69, 9.17) is 9.47 Å². The van der Waals surface area contributed by atoms with E-state index in [1.165, 1.54) is 0 Å². The van der Waals surface area contributed by atoms with Gasteiger partial charge in [-0.05, 0) is 56.4 Å². The van der Waals surface area contributed by atoms with E-state index in [0.29, 0.717) is 35.2 Å². The van der Waals surface area contributed by atoms with Gasteiger partial charge in [0.25, 0.3) is 18.5 Å². The largest absolute Gasteiger partial charge is 0.493 e. The lowest BCUT2D eigenvalue weighted by atomic mass is 9.91. The van der Waals surface area contributed by atoms with Gasteiger partial charge in [0.1, 0.15) is 5.69 Å². The van der Waals surface area contributed by atoms with Crippen molar-refractivity contribution in [3.63, 3.8) is 0 Å². The number of methoxy groups -OCH3 is 2. The van der Waals surface area contributed by atoms with Crippen molar-refractivity contribution in [1.29, 1.82) is 0 Å². The minimum absolute atomic E-state index is 0.0336. The molecule has 1 aliphatic rings. The van der Waals surface area contributed by atoms with Crippen LogP contribution >= 0.6 is 0 Å². The molecule has 1 aromatic carbocycles. The third-order valence-corrected chi connectivity index (χ3v) is 6.39. The highest BCUT2D eigenvalue weighted by Crippen LogP contribution is 2.29. The molecule has 1 aromatic heterocycles. The molecule has 2 N–H and O–H groups in total. The van der Waals surface area contributed by atoms with Crippen molar-refractivity contribution in [2.45, 2.75) is 39.0 Å². The van der Waals surface area contributed by atoms with E-state index in [1.54, 1.807) is 44.7 Å². The smallest absolute Gasteiger partial charge is 0.300 e. The van der Waals surface area contributed by atoms with Crippen molar-refractivity contribution in [3.8, 4) is 11.5 Å². The predicted molar refractivity (Wildman–Crippen MR) is 134 cm³/mol. The first-order chi connectivity index (χ1) is 16.5. The minimum atomic E-state index is -0.103. The molecular formula is C26H35N4O4+. The molecule has 2 aromatic rings. The molecule has 1 aliphatic heterocycles. The van der Waals surface area contributed by atoms with E-state index in [-0.39, 0.29) is 11.8 Å². The number of hydrogen-bond donors (Lipinski definition) is 2. The number of H-pyrrole nitrogens is 1. The summed E-state index contributed by atoms with van der Waals surface area (Å²) in [4.78, 5) is 30.2. The Kier molecular flexibility index (Phi) is 8.93. The summed E-state index contributed by atoms with van der Waals surface area (Å²) in [5.74, 6) is 1.72. The van der Waals surface area contributed by atoms with E-state index in [2.05, 4.69) is 21.7 Å². The summed E-state index contributed by atoms with van der Waals surface area (Å²) >= 11 is 0. The number of nitrogens with one attached hydrogen (secondary N) is 2. The summed E-state index contributed by atoms with van der Waals surface area (Å²) in [7, 11) is 3.15. The highest BCUT2D eigenvalue weighted by molar-refractivity contribution is 5.95. The number of carbonyl (C=O) groups is 2. The van der Waals surface area contributed by atoms with Crippen molar-refractivity contribution >= 4 is 24.7 Å². The molecule has 0 spiro atoms. The van der Waals surface area contributed by atoms with Crippen LogP contribution in [0.2, 0.25) is 0 Å². The Morgan fingerprint density at radius 1 is 1.18 bits per heavy atom. The number of likely N-dealkylation sites (tertiary alicyclic amines) is 1. The number of amides is 2. The maximum absolute atomic E-state index is 12.9. The van der Waals surface area contributed by atoms with E-state index in [1.807, 2.05) is 11.8 Å². The van der Waals surface area contributed by atoms with Gasteiger partial charge in [-0.2, -0.15) is 0 Å². The number of aryl methyl sites for hydroxylation is 1. The SMILES string of the molecule is C=[N+]=Cc1cc(C(=O)NCCCCC2CCN(C(=O)c3ccc(OC)c(OC)c3)CC2)[nH]c1C. The normalized spacial score (nSPS) is 13.8. The maximum Gasteiger partial charge on any atom is 0.300 e. The van der Waals surface area contributed by atoms with E-state index in [9.17, 15) is 9.59 Å². The van der Waals surface area contributed by atoms with Gasteiger partial charge in [-0.25, -0.2) is 0 Å². The second-order valence-corrected chi connectivity index (χ2v) is 8.63. The van der Waals surface area contributed by atoms with Gasteiger partial charge in [-0.15, -0.1) is 4.67 Å². The third-order valence-electron chi connectivity index (χ3n) is 6.39. The molecule has 0 atom stereocenters. The first-order valence-corrected chi connectivity index (χ1v) is 11.7. The molecule has 3 rings (SSSR count). The Bertz CT molecular complexity index is 1050. The average Bonchev–Trinajstić information content (AvgIpc) is 3.23. The summed E-state index contributed by atoms with van der Waals surface area (Å²) in [5.41, 5.74) is 2.93. The summed E-state index contributed by atoms with van der Waals surface area (Å²) in [6.07, 6.45) is 6.74. The van der Waals surface area contributed by atoms with E-state index in [0.717, 1.165) is 56.5 Å². The summed E-state index contributed by atoms with van der Waals surface area (Å²) < 4.78 is 14.3. The topological polar surface area (TPSA) is 97.8 Å². The molecule has 2 heterocycles. The molecule has 8 heteroatoms. The number of hydrogen-bond acceptors (Lipinski definition) is 4. The Morgan fingerprint density at radius 2 is 1.91 bits per heavy atom. The van der Waals surface area contributed by atoms with Crippen LogP contribution in [0.3, 0.4) is 0 Å². The quantitative estimate of drug-likeness (QED) is 0.319. The Labute approximate surface area is 201 Å². The number of rotatable bonds is 10. The van der Waals surface area contributed by atoms with Crippen LogP contribution < -0.4 is 19.5 Å². The van der Waals surface area contributed by atoms with Crippen LogP contribution in [0.25, 0.3) is 0 Å². The molecule has 0 bridgehead atoms. The van der Waals surface area contributed by atoms with E-state index >= 15 is 0 Å². The predicted octanol–water partition coefficient (Wildman–Crippen LogP) is 2.98. The lowest BCUT2D eigenvalue weighted by Crippen LogP contribution is -2.38. The highest BCUT2D eigenvalue weighted by atomic mass is 16.5. The van der Waals surface area contributed by atoms with Gasteiger partial charge in [0, 0.05) is 30.9 Å². The van der Waals surface area contributed by atoms with Crippen LogP contribution in [-0.4, -0.2) is 68.5 Å². The lowest BCUT2D eigenvalue weighted by molar-refractivity contribution is 0.0685. The summed E-state index contributed by atoms with van der Waals surface area (Å²) in [5, 5.41) is 2.97. The van der Waals surface area contributed by atoms with Crippen molar-refractivity contribution in [3.05, 3.63) is 46.8 Å². The van der Waals surface area contributed by atoms with Crippen molar-refractivity contribution < 1.29 is 19.1 Å². The molecular weight excluding hydrogens is 432 g/mol. The van der Waals surface area contributed by atoms with Crippen molar-refractivity contribution in [2.24, 2.45) is 5.92 Å². The number of ether oxygens (including phenoxy) is 2. The van der Waals surface area contributed by atoms with Gasteiger partial charge in [0.15, 0.2) is 11.5 Å². The number of nitrogens with zero attached hydrogens (tertiary/aromatic N) is 2. The monoisotopic (exact) mass is 467 g/mol. The Morgan fingerprint density at radius 3 is 2.59 bits per heavy atom. The van der Waals surface area contributed by atoms with Crippen LogP contribution in [0.5, 0.6) is 11.5 Å². The fourth-order valence-corrected chi connectivity index (χ4v) is 4.36. The highest BCUT2D eigenvalue weighted by Gasteiger charge is 2.24. The van der Waals surface area contributed by atoms with Crippen LogP contribution in [0.15, 0.2) is 24.3 Å². The zero-order chi connectivity index (χ0) is 24.5. The molecule has 0 saturated carbocycles. The first-order valence-electron chi connectivity index (χ1n) is 11.7. The van der Waals surface area contributed by atoms with Gasteiger partial charge in [-0.1, -0.05) is 12.8 Å². The second kappa shape index (κ2) is 12.1. The number of carbonyl (C=O) groups excluding carboxylic acids is 2. The van der Waals surface area contributed by atoms with E-state index < -0.39 is 0 Å². The third kappa shape index (κ3) is 6.29. The molecule has 1 fully saturated rings. The molecule has 182 valence electrons. The molecule has 8 nitrogen and oxygen atoms in total. The zero-order valence-corrected chi connectivity index (χ0v) is 20.4. The van der Waals surface area contributed by atoms with Crippen LogP contribution in [0.4, 0.5) is 0 Å². The standard InChI is InChI=1S/C26H34N4O4/c1-18-21(17-27-2)15-22(29-18)25(31)28-12-6-5-7-19-10-13-30(14-11-19)26(32)20-8-9-23(33-3)24(16-20)34-4/h8-9,15-17,19H,2,5-7,10-14H2,1,3-4H3,(H,28,31)/p+1. The van der Waals surface area contributed by atoms with Gasteiger partial charge in [-0.3, -0.25) is 9.59 Å². The van der Waals surface area contributed by atoms with Gasteiger partial charge >= 0.3 is 6.21 Å². The fourth-order valence-electron chi connectivity index (χ4n) is 4.36. The van der Waals surface area contributed by atoms with Crippen LogP contribution in [0, 0.1) is 12.8 Å². The molecule has 2 amide bonds. The second-order valence-electron chi connectivity index (χ2n) is 8.63. The zero-order valence-electron chi connectivity index (χ0n) is 20.4. The average molecular weight is 468 g/mol. The lowest BCUT2D eigenvalue weighted by Gasteiger charge is -2.32. The van der Waals surface area contributed by atoms with Gasteiger partial charge < -0.3 is 24.7 Å². The number of benzene rings is 1.